The largest absolute Gasteiger partial charge is 0.495 e. The Hall–Kier alpha value is -3.16. The van der Waals surface area contributed by atoms with Crippen LogP contribution < -0.4 is 21.1 Å². The minimum atomic E-state index is -1.74. The first-order chi connectivity index (χ1) is 22.3. The lowest BCUT2D eigenvalue weighted by molar-refractivity contribution is -0.152. The highest BCUT2D eigenvalue weighted by Gasteiger charge is 2.63. The number of benzene rings is 1. The molecule has 7 atom stereocenters. The zero-order valence-electron chi connectivity index (χ0n) is 27.8. The predicted octanol–water partition coefficient (Wildman–Crippen LogP) is 3.49. The van der Waals surface area contributed by atoms with E-state index in [-0.39, 0.29) is 37.6 Å². The number of aryl methyl sites for hydroxylation is 1. The van der Waals surface area contributed by atoms with Crippen molar-refractivity contribution in [1.29, 1.82) is 0 Å². The van der Waals surface area contributed by atoms with Gasteiger partial charge >= 0.3 is 12.1 Å². The van der Waals surface area contributed by atoms with Gasteiger partial charge in [0.2, 0.25) is 5.91 Å². The second-order valence-corrected chi connectivity index (χ2v) is 13.2. The number of hydrogen-bond acceptors (Lipinski definition) is 10. The maximum absolute atomic E-state index is 13.1. The van der Waals surface area contributed by atoms with E-state index in [1.54, 1.807) is 19.3 Å². The number of alkyl carbamates (subject to hydrolysis) is 1. The molecular weight excluding hydrogens is 630 g/mol. The molecule has 47 heavy (non-hydrogen) atoms. The summed E-state index contributed by atoms with van der Waals surface area (Å²) in [6.07, 6.45) is 4.16. The Morgan fingerprint density at radius 2 is 2.02 bits per heavy atom. The molecule has 1 aliphatic carbocycles. The predicted molar refractivity (Wildman–Crippen MR) is 175 cm³/mol. The van der Waals surface area contributed by atoms with Crippen LogP contribution in [0.15, 0.2) is 35.9 Å². The Bertz CT molecular complexity index is 1370. The smallest absolute Gasteiger partial charge is 0.409 e. The lowest BCUT2D eigenvalue weighted by Gasteiger charge is -2.42. The van der Waals surface area contributed by atoms with Crippen LogP contribution in [0.5, 0.6) is 5.75 Å². The van der Waals surface area contributed by atoms with Crippen LogP contribution in [0.25, 0.3) is 0 Å². The number of carbonyl (C=O) groups is 3. The number of esters is 1. The Morgan fingerprint density at radius 3 is 2.72 bits per heavy atom. The van der Waals surface area contributed by atoms with Crippen molar-refractivity contribution in [2.75, 3.05) is 27.3 Å². The topological polar surface area (TPSA) is 171 Å². The molecule has 260 valence electrons. The number of carbonyl (C=O) groups excluding carboxylic acids is 3. The van der Waals surface area contributed by atoms with Crippen molar-refractivity contribution in [3.8, 4) is 5.75 Å². The summed E-state index contributed by atoms with van der Waals surface area (Å²) in [5.41, 5.74) is 5.65. The maximum Gasteiger partial charge on any atom is 0.409 e. The molecule has 0 spiro atoms. The number of methoxy groups -OCH3 is 2. The minimum Gasteiger partial charge on any atom is -0.495 e. The molecule has 2 amide bonds. The van der Waals surface area contributed by atoms with Crippen molar-refractivity contribution in [2.45, 2.75) is 101 Å². The zero-order chi connectivity index (χ0) is 34.4. The van der Waals surface area contributed by atoms with E-state index in [9.17, 15) is 19.5 Å². The van der Waals surface area contributed by atoms with Crippen LogP contribution in [0.1, 0.15) is 64.0 Å². The highest BCUT2D eigenvalue weighted by atomic mass is 35.5. The first-order valence-electron chi connectivity index (χ1n) is 16.1. The summed E-state index contributed by atoms with van der Waals surface area (Å²) in [6.45, 7) is 6.26. The summed E-state index contributed by atoms with van der Waals surface area (Å²) < 4.78 is 29.2. The fourth-order valence-electron chi connectivity index (χ4n) is 6.45. The molecular formula is C34H48ClN3O9. The van der Waals surface area contributed by atoms with Gasteiger partial charge in [-0.15, -0.1) is 0 Å². The van der Waals surface area contributed by atoms with Gasteiger partial charge in [-0.25, -0.2) is 4.79 Å². The van der Waals surface area contributed by atoms with Crippen LogP contribution in [0.2, 0.25) is 5.02 Å². The van der Waals surface area contributed by atoms with E-state index in [1.165, 1.54) is 7.11 Å². The second kappa shape index (κ2) is 15.8. The summed E-state index contributed by atoms with van der Waals surface area (Å²) in [5, 5.41) is 17.3. The van der Waals surface area contributed by atoms with E-state index in [4.69, 9.17) is 41.0 Å². The number of nitrogens with one attached hydrogen (secondary N) is 2. The third-order valence-electron chi connectivity index (χ3n) is 9.16. The van der Waals surface area contributed by atoms with Crippen LogP contribution >= 0.6 is 11.6 Å². The molecule has 4 bridgehead atoms. The zero-order valence-corrected chi connectivity index (χ0v) is 28.6. The van der Waals surface area contributed by atoms with Gasteiger partial charge in [0.25, 0.3) is 0 Å². The minimum absolute atomic E-state index is 0.0261. The van der Waals surface area contributed by atoms with E-state index >= 15 is 0 Å². The highest BCUT2D eigenvalue weighted by Crippen LogP contribution is 2.49. The number of nitrogens with two attached hydrogens (primary N) is 1. The molecule has 0 radical (unpaired) electrons. The number of amides is 2. The quantitative estimate of drug-likeness (QED) is 0.224. The maximum atomic E-state index is 13.1. The molecule has 5 N–H and O–H groups in total. The first-order valence-corrected chi connectivity index (χ1v) is 16.5. The normalized spacial score (nSPS) is 32.6. The van der Waals surface area contributed by atoms with Gasteiger partial charge in [0.05, 0.1) is 24.7 Å². The van der Waals surface area contributed by atoms with Gasteiger partial charge in [0.15, 0.2) is 5.72 Å². The van der Waals surface area contributed by atoms with Gasteiger partial charge in [0, 0.05) is 32.4 Å². The van der Waals surface area contributed by atoms with Crippen LogP contribution in [-0.2, 0) is 41.4 Å². The van der Waals surface area contributed by atoms with Crippen LogP contribution in [0, 0.1) is 5.92 Å². The lowest BCUT2D eigenvalue weighted by Crippen LogP contribution is -2.63. The Kier molecular flexibility index (Phi) is 12.3. The molecule has 2 fully saturated rings. The average molecular weight is 678 g/mol. The van der Waals surface area contributed by atoms with Crippen molar-refractivity contribution in [1.82, 2.24) is 10.6 Å². The number of ether oxygens (including phenoxy) is 5. The number of epoxide rings is 1. The molecule has 12 nitrogen and oxygen atoms in total. The van der Waals surface area contributed by atoms with Crippen LogP contribution in [0.4, 0.5) is 4.79 Å². The van der Waals surface area contributed by atoms with Gasteiger partial charge in [-0.05, 0) is 63.3 Å². The molecule has 7 unspecified atom stereocenters. The molecule has 1 aromatic rings. The van der Waals surface area contributed by atoms with E-state index in [0.29, 0.717) is 43.0 Å². The van der Waals surface area contributed by atoms with E-state index in [1.807, 2.05) is 39.0 Å². The number of rotatable bonds is 9. The highest BCUT2D eigenvalue weighted by molar-refractivity contribution is 6.32. The van der Waals surface area contributed by atoms with Crippen LogP contribution in [0.3, 0.4) is 0 Å². The van der Waals surface area contributed by atoms with Gasteiger partial charge in [-0.2, -0.15) is 0 Å². The average Bonchev–Trinajstić information content (AvgIpc) is 3.72. The summed E-state index contributed by atoms with van der Waals surface area (Å²) >= 11 is 6.77. The fraction of sp³-hybridized carbons (Fsp3) is 0.618. The molecule has 1 aromatic carbocycles. The van der Waals surface area contributed by atoms with Crippen molar-refractivity contribution < 1.29 is 43.2 Å². The fourth-order valence-corrected chi connectivity index (χ4v) is 6.73. The number of allylic oxidation sites excluding steroid dienone is 3. The molecule has 0 aromatic heterocycles. The lowest BCUT2D eigenvalue weighted by atomic mass is 9.83. The van der Waals surface area contributed by atoms with Crippen molar-refractivity contribution in [2.24, 2.45) is 11.7 Å². The standard InChI is InChI=1S/C34H48ClN3O9/c1-20-8-6-9-27(44-5)34(42)19-25(45-32(41)38-34)21(2)31-33(3,47-31)26(46-29(40)13-15-37-28(39)10-7-14-36)12-11-23-17-22(16-20)18-24(43-4)30(23)35/h6,8-9,17-18,21,25-27,31,42H,7,10-16,19,36H2,1-5H3,(H,37,39)(H,38,41)/b9-6+,20-8+. The first kappa shape index (κ1) is 36.7. The number of aliphatic hydroxyl groups is 1. The SMILES string of the molecule is COc1cc2cc(c1Cl)CCC(OC(=O)CCNC(=O)CCCN)C1(C)OC1C(C)C1CC(O)(NC(=O)O1)C(OC)/C=C/C=C(\C)C2. The Labute approximate surface area is 281 Å². The number of fused-ring (bicyclic) bond motifs is 5. The second-order valence-electron chi connectivity index (χ2n) is 12.8. The van der Waals surface area contributed by atoms with Gasteiger partial charge in [-0.1, -0.05) is 48.4 Å². The number of hydrogen-bond donors (Lipinski definition) is 4. The summed E-state index contributed by atoms with van der Waals surface area (Å²) in [5.74, 6) is -0.509. The molecule has 2 aliphatic heterocycles. The molecule has 2 saturated heterocycles. The van der Waals surface area contributed by atoms with E-state index < -0.39 is 47.8 Å². The van der Waals surface area contributed by atoms with Crippen LogP contribution in [-0.4, -0.2) is 86.1 Å². The van der Waals surface area contributed by atoms with Gasteiger partial charge in [-0.3, -0.25) is 14.9 Å². The summed E-state index contributed by atoms with van der Waals surface area (Å²) in [6, 6.07) is 3.92. The Balaban J connectivity index is 1.65. The molecule has 13 heteroatoms. The molecule has 4 rings (SSSR count). The third kappa shape index (κ3) is 9.05. The molecule has 0 saturated carbocycles. The van der Waals surface area contributed by atoms with Crippen molar-refractivity contribution in [3.05, 3.63) is 52.1 Å². The molecule has 2 heterocycles. The summed E-state index contributed by atoms with van der Waals surface area (Å²) in [4.78, 5) is 37.8. The van der Waals surface area contributed by atoms with Gasteiger partial charge < -0.3 is 39.8 Å². The van der Waals surface area contributed by atoms with E-state index in [2.05, 4.69) is 10.6 Å². The van der Waals surface area contributed by atoms with Gasteiger partial charge in [0.1, 0.15) is 29.7 Å². The number of halogens is 1. The van der Waals surface area contributed by atoms with Crippen molar-refractivity contribution in [3.63, 3.8) is 0 Å². The monoisotopic (exact) mass is 677 g/mol. The Morgan fingerprint density at radius 1 is 1.26 bits per heavy atom. The summed E-state index contributed by atoms with van der Waals surface area (Å²) in [7, 11) is 3.03. The third-order valence-corrected chi connectivity index (χ3v) is 9.59. The molecule has 3 aliphatic rings. The van der Waals surface area contributed by atoms with Crippen molar-refractivity contribution >= 4 is 29.6 Å². The van der Waals surface area contributed by atoms with E-state index in [0.717, 1.165) is 16.7 Å².